The van der Waals surface area contributed by atoms with Gasteiger partial charge in [0.05, 0.1) is 5.71 Å². The summed E-state index contributed by atoms with van der Waals surface area (Å²) in [6.07, 6.45) is 3.20. The molecule has 0 unspecified atom stereocenters. The quantitative estimate of drug-likeness (QED) is 0.534. The van der Waals surface area contributed by atoms with E-state index in [0.29, 0.717) is 28.5 Å². The number of rotatable bonds is 6. The average molecular weight is 452 g/mol. The van der Waals surface area contributed by atoms with E-state index in [0.717, 1.165) is 24.8 Å². The van der Waals surface area contributed by atoms with Crippen molar-refractivity contribution in [3.8, 4) is 17.2 Å². The van der Waals surface area contributed by atoms with Gasteiger partial charge in [0.2, 0.25) is 6.79 Å². The molecule has 0 spiro atoms. The maximum absolute atomic E-state index is 12.6. The molecule has 0 aliphatic carbocycles. The number of hydrogen-bond donors (Lipinski definition) is 1. The molecule has 2 aliphatic heterocycles. The van der Waals surface area contributed by atoms with Gasteiger partial charge in [-0.15, -0.1) is 0 Å². The number of carbonyl (C=O) groups is 2. The molecule has 2 atom stereocenters. The van der Waals surface area contributed by atoms with Gasteiger partial charge >= 0.3 is 0 Å². The lowest BCUT2D eigenvalue weighted by Gasteiger charge is -2.38. The minimum atomic E-state index is -0.339. The fraction of sp³-hybridized carbons (Fsp3) is 0.400. The molecule has 1 N–H and O–H groups in total. The lowest BCUT2D eigenvalue weighted by Crippen LogP contribution is -2.49. The first-order valence-electron chi connectivity index (χ1n) is 11.2. The van der Waals surface area contributed by atoms with Crippen molar-refractivity contribution in [3.05, 3.63) is 53.6 Å². The number of piperidine rings is 1. The van der Waals surface area contributed by atoms with Crippen LogP contribution in [-0.2, 0) is 4.79 Å². The number of likely N-dealkylation sites (tertiary alicyclic amines) is 1. The van der Waals surface area contributed by atoms with Crippen molar-refractivity contribution in [2.75, 3.05) is 13.4 Å². The monoisotopic (exact) mass is 451 g/mol. The summed E-state index contributed by atoms with van der Waals surface area (Å²) in [7, 11) is 0. The van der Waals surface area contributed by atoms with Crippen LogP contribution in [0.25, 0.3) is 0 Å². The summed E-state index contributed by atoms with van der Waals surface area (Å²) in [5.74, 6) is 1.54. The summed E-state index contributed by atoms with van der Waals surface area (Å²) in [4.78, 5) is 27.0. The van der Waals surface area contributed by atoms with Gasteiger partial charge in [-0.05, 0) is 82.5 Å². The molecule has 0 saturated carbocycles. The van der Waals surface area contributed by atoms with Crippen molar-refractivity contribution in [2.24, 2.45) is 5.10 Å². The van der Waals surface area contributed by atoms with Crippen LogP contribution in [0.3, 0.4) is 0 Å². The molecule has 4 rings (SSSR count). The topological polar surface area (TPSA) is 89.5 Å². The van der Waals surface area contributed by atoms with Crippen molar-refractivity contribution >= 4 is 17.5 Å². The molecule has 2 aromatic carbocycles. The Labute approximate surface area is 193 Å². The van der Waals surface area contributed by atoms with Crippen molar-refractivity contribution in [1.82, 2.24) is 10.3 Å². The van der Waals surface area contributed by atoms with E-state index in [-0.39, 0.29) is 37.3 Å². The molecule has 0 bridgehead atoms. The standard InChI is InChI=1S/C25H29N3O5/c1-16-5-4-6-17(2)28(16)24(29)14-31-21-10-7-19(8-11-21)25(30)27-26-18(3)20-9-12-22-23(13-20)33-15-32-22/h7-13,16-17H,4-6,14-15H2,1-3H3,(H,27,30)/b26-18-/t16-,17-/m0/s1. The van der Waals surface area contributed by atoms with Crippen molar-refractivity contribution in [1.29, 1.82) is 0 Å². The van der Waals surface area contributed by atoms with Crippen LogP contribution < -0.4 is 19.6 Å². The van der Waals surface area contributed by atoms with Crippen molar-refractivity contribution in [2.45, 2.75) is 52.1 Å². The first-order chi connectivity index (χ1) is 15.9. The molecular formula is C25H29N3O5. The summed E-state index contributed by atoms with van der Waals surface area (Å²) in [5.41, 5.74) is 4.47. The van der Waals surface area contributed by atoms with E-state index in [1.807, 2.05) is 23.1 Å². The predicted molar refractivity (Wildman–Crippen MR) is 124 cm³/mol. The molecule has 2 aromatic rings. The van der Waals surface area contributed by atoms with Crippen molar-refractivity contribution < 1.29 is 23.8 Å². The number of hydrogen-bond acceptors (Lipinski definition) is 6. The number of amides is 2. The number of nitrogens with one attached hydrogen (secondary N) is 1. The lowest BCUT2D eigenvalue weighted by molar-refractivity contribution is -0.139. The van der Waals surface area contributed by atoms with Crippen LogP contribution in [0.4, 0.5) is 0 Å². The predicted octanol–water partition coefficient (Wildman–Crippen LogP) is 3.74. The minimum Gasteiger partial charge on any atom is -0.484 e. The zero-order chi connectivity index (χ0) is 23.4. The molecule has 8 nitrogen and oxygen atoms in total. The number of benzene rings is 2. The zero-order valence-electron chi connectivity index (χ0n) is 19.2. The summed E-state index contributed by atoms with van der Waals surface area (Å²) >= 11 is 0. The highest BCUT2D eigenvalue weighted by Crippen LogP contribution is 2.32. The summed E-state index contributed by atoms with van der Waals surface area (Å²) in [5, 5.41) is 4.18. The molecule has 1 fully saturated rings. The number of carbonyl (C=O) groups excluding carboxylic acids is 2. The van der Waals surface area contributed by atoms with E-state index >= 15 is 0 Å². The van der Waals surface area contributed by atoms with Crippen LogP contribution in [0, 0.1) is 0 Å². The first kappa shape index (κ1) is 22.6. The fourth-order valence-corrected chi connectivity index (χ4v) is 4.22. The number of ether oxygens (including phenoxy) is 3. The third-order valence-electron chi connectivity index (χ3n) is 6.08. The molecular weight excluding hydrogens is 422 g/mol. The van der Waals surface area contributed by atoms with Crippen LogP contribution in [0.5, 0.6) is 17.2 Å². The van der Waals surface area contributed by atoms with Crippen LogP contribution in [0.15, 0.2) is 47.6 Å². The summed E-state index contributed by atoms with van der Waals surface area (Å²) in [6.45, 7) is 6.15. The Balaban J connectivity index is 1.30. The summed E-state index contributed by atoms with van der Waals surface area (Å²) < 4.78 is 16.4. The molecule has 33 heavy (non-hydrogen) atoms. The number of fused-ring (bicyclic) bond motifs is 1. The Bertz CT molecular complexity index is 1040. The average Bonchev–Trinajstić information content (AvgIpc) is 3.29. The smallest absolute Gasteiger partial charge is 0.271 e. The molecule has 1 saturated heterocycles. The van der Waals surface area contributed by atoms with E-state index in [4.69, 9.17) is 14.2 Å². The molecule has 174 valence electrons. The second kappa shape index (κ2) is 9.94. The molecule has 0 radical (unpaired) electrons. The van der Waals surface area contributed by atoms with E-state index in [1.165, 1.54) is 0 Å². The molecule has 8 heteroatoms. The van der Waals surface area contributed by atoms with Gasteiger partial charge in [-0.2, -0.15) is 5.10 Å². The van der Waals surface area contributed by atoms with Crippen molar-refractivity contribution in [3.63, 3.8) is 0 Å². The highest BCUT2D eigenvalue weighted by molar-refractivity contribution is 6.01. The number of nitrogens with zero attached hydrogens (tertiary/aromatic N) is 2. The maximum atomic E-state index is 12.6. The second-order valence-electron chi connectivity index (χ2n) is 8.45. The van der Waals surface area contributed by atoms with Crippen LogP contribution in [0.1, 0.15) is 56.0 Å². The molecule has 0 aromatic heterocycles. The normalized spacial score (nSPS) is 19.8. The Morgan fingerprint density at radius 1 is 1.03 bits per heavy atom. The maximum Gasteiger partial charge on any atom is 0.271 e. The minimum absolute atomic E-state index is 0.00940. The Kier molecular flexibility index (Phi) is 6.82. The van der Waals surface area contributed by atoms with Gasteiger partial charge in [0, 0.05) is 23.2 Å². The van der Waals surface area contributed by atoms with E-state index in [9.17, 15) is 9.59 Å². The van der Waals surface area contributed by atoms with Gasteiger partial charge in [0.15, 0.2) is 18.1 Å². The SMILES string of the molecule is C/C(=N/NC(=O)c1ccc(OCC(=O)N2[C@@H](C)CCC[C@@H]2C)cc1)c1ccc2c(c1)OCO2. The molecule has 2 aliphatic rings. The first-order valence-corrected chi connectivity index (χ1v) is 11.2. The van der Waals surface area contributed by atoms with Gasteiger partial charge in [0.25, 0.3) is 11.8 Å². The van der Waals surface area contributed by atoms with Crippen LogP contribution in [0.2, 0.25) is 0 Å². The van der Waals surface area contributed by atoms with Crippen LogP contribution in [-0.4, -0.2) is 47.9 Å². The molecule has 2 amide bonds. The van der Waals surface area contributed by atoms with E-state index < -0.39 is 0 Å². The highest BCUT2D eigenvalue weighted by atomic mass is 16.7. The Morgan fingerprint density at radius 2 is 1.70 bits per heavy atom. The highest BCUT2D eigenvalue weighted by Gasteiger charge is 2.29. The summed E-state index contributed by atoms with van der Waals surface area (Å²) in [6, 6.07) is 12.6. The third-order valence-corrected chi connectivity index (χ3v) is 6.08. The van der Waals surface area contributed by atoms with Crippen LogP contribution >= 0.6 is 0 Å². The fourth-order valence-electron chi connectivity index (χ4n) is 4.22. The molecule has 2 heterocycles. The van der Waals surface area contributed by atoms with Gasteiger partial charge in [0.1, 0.15) is 5.75 Å². The second-order valence-corrected chi connectivity index (χ2v) is 8.45. The van der Waals surface area contributed by atoms with Gasteiger partial charge in [-0.1, -0.05) is 0 Å². The number of hydrazone groups is 1. The largest absolute Gasteiger partial charge is 0.484 e. The van der Waals surface area contributed by atoms with Gasteiger partial charge in [-0.25, -0.2) is 5.43 Å². The lowest BCUT2D eigenvalue weighted by atomic mass is 9.97. The van der Waals surface area contributed by atoms with E-state index in [1.54, 1.807) is 31.2 Å². The van der Waals surface area contributed by atoms with E-state index in [2.05, 4.69) is 24.4 Å². The Morgan fingerprint density at radius 3 is 2.42 bits per heavy atom. The Hall–Kier alpha value is -3.55. The van der Waals surface area contributed by atoms with Gasteiger partial charge in [-0.3, -0.25) is 9.59 Å². The third kappa shape index (κ3) is 5.27. The van der Waals surface area contributed by atoms with Gasteiger partial charge < -0.3 is 19.1 Å². The zero-order valence-corrected chi connectivity index (χ0v) is 19.2.